The first-order valence-electron chi connectivity index (χ1n) is 5.95. The topological polar surface area (TPSA) is 55.6 Å². The molecule has 0 saturated carbocycles. The Morgan fingerprint density at radius 2 is 2.06 bits per heavy atom. The van der Waals surface area contributed by atoms with Crippen molar-refractivity contribution >= 4 is 5.82 Å². The van der Waals surface area contributed by atoms with Crippen LogP contribution >= 0.6 is 0 Å². The molecule has 0 aliphatic carbocycles. The van der Waals surface area contributed by atoms with Crippen LogP contribution in [0.5, 0.6) is 0 Å². The Labute approximate surface area is 101 Å². The Morgan fingerprint density at radius 1 is 1.18 bits per heavy atom. The lowest BCUT2D eigenvalue weighted by Gasteiger charge is -2.06. The predicted molar refractivity (Wildman–Crippen MR) is 67.7 cm³/mol. The second kappa shape index (κ2) is 5.43. The highest BCUT2D eigenvalue weighted by atomic mass is 15.3. The maximum absolute atomic E-state index is 4.27. The Morgan fingerprint density at radius 3 is 2.71 bits per heavy atom. The molecule has 90 valence electrons. The largest absolute Gasteiger partial charge is 0.369 e. The van der Waals surface area contributed by atoms with Gasteiger partial charge < -0.3 is 5.32 Å². The molecule has 5 nitrogen and oxygen atoms in total. The molecule has 0 saturated heterocycles. The number of nitrogens with one attached hydrogen (secondary N) is 1. The fourth-order valence-electron chi connectivity index (χ4n) is 1.68. The maximum Gasteiger partial charge on any atom is 0.148 e. The summed E-state index contributed by atoms with van der Waals surface area (Å²) in [5.74, 6) is 0.804. The van der Waals surface area contributed by atoms with Gasteiger partial charge >= 0.3 is 0 Å². The highest BCUT2D eigenvalue weighted by Gasteiger charge is 2.06. The zero-order valence-electron chi connectivity index (χ0n) is 10.2. The molecule has 17 heavy (non-hydrogen) atoms. The number of aryl methyl sites for hydroxylation is 1. The molecular formula is C12H17N5. The van der Waals surface area contributed by atoms with Crippen molar-refractivity contribution in [1.82, 2.24) is 20.0 Å². The molecule has 0 atom stereocenters. The van der Waals surface area contributed by atoms with Crippen molar-refractivity contribution in [2.45, 2.75) is 26.8 Å². The van der Waals surface area contributed by atoms with Crippen molar-refractivity contribution < 1.29 is 0 Å². The lowest BCUT2D eigenvalue weighted by Crippen LogP contribution is -2.04. The van der Waals surface area contributed by atoms with Gasteiger partial charge in [0.15, 0.2) is 0 Å². The number of hydrogen-bond donors (Lipinski definition) is 1. The zero-order chi connectivity index (χ0) is 12.1. The van der Waals surface area contributed by atoms with E-state index in [0.717, 1.165) is 36.7 Å². The van der Waals surface area contributed by atoms with E-state index in [1.165, 1.54) is 0 Å². The molecule has 0 amide bonds. The lowest BCUT2D eigenvalue weighted by atomic mass is 10.3. The fourth-order valence-corrected chi connectivity index (χ4v) is 1.68. The Balaban J connectivity index is 2.23. The van der Waals surface area contributed by atoms with Gasteiger partial charge in [-0.05, 0) is 31.5 Å². The van der Waals surface area contributed by atoms with Crippen LogP contribution in [0.2, 0.25) is 0 Å². The van der Waals surface area contributed by atoms with E-state index >= 15 is 0 Å². The number of hydrogen-bond acceptors (Lipinski definition) is 4. The average Bonchev–Trinajstić information content (AvgIpc) is 2.79. The molecule has 1 N–H and O–H groups in total. The van der Waals surface area contributed by atoms with Crippen LogP contribution in [0.3, 0.4) is 0 Å². The van der Waals surface area contributed by atoms with E-state index in [9.17, 15) is 0 Å². The van der Waals surface area contributed by atoms with Crippen molar-refractivity contribution in [2.24, 2.45) is 0 Å². The zero-order valence-corrected chi connectivity index (χ0v) is 10.2. The number of nitrogens with zero attached hydrogens (tertiary/aromatic N) is 4. The summed E-state index contributed by atoms with van der Waals surface area (Å²) < 4.78 is 1.96. The van der Waals surface area contributed by atoms with Crippen molar-refractivity contribution in [2.75, 3.05) is 11.9 Å². The van der Waals surface area contributed by atoms with Gasteiger partial charge in [-0.1, -0.05) is 6.92 Å². The molecular weight excluding hydrogens is 214 g/mol. The number of aromatic nitrogens is 4. The molecule has 5 heteroatoms. The number of anilines is 1. The summed E-state index contributed by atoms with van der Waals surface area (Å²) in [6, 6.07) is 5.87. The lowest BCUT2D eigenvalue weighted by molar-refractivity contribution is 0.607. The first kappa shape index (κ1) is 11.6. The van der Waals surface area contributed by atoms with Crippen molar-refractivity contribution in [3.63, 3.8) is 0 Å². The van der Waals surface area contributed by atoms with Gasteiger partial charge in [-0.3, -0.25) is 4.68 Å². The van der Waals surface area contributed by atoms with Crippen LogP contribution in [0, 0.1) is 0 Å². The van der Waals surface area contributed by atoms with Crippen LogP contribution < -0.4 is 5.32 Å². The Kier molecular flexibility index (Phi) is 3.69. The normalized spacial score (nSPS) is 10.5. The smallest absolute Gasteiger partial charge is 0.148 e. The molecule has 0 bridgehead atoms. The average molecular weight is 231 g/mol. The highest BCUT2D eigenvalue weighted by Crippen LogP contribution is 2.16. The molecule has 0 unspecified atom stereocenters. The van der Waals surface area contributed by atoms with E-state index < -0.39 is 0 Å². The SMILES string of the molecule is CCCn1nccc1-c1ccc(NCC)nn1. The molecule has 0 radical (unpaired) electrons. The van der Waals surface area contributed by atoms with Crippen LogP contribution in [0.1, 0.15) is 20.3 Å². The van der Waals surface area contributed by atoms with Crippen LogP contribution in [0.25, 0.3) is 11.4 Å². The van der Waals surface area contributed by atoms with Gasteiger partial charge in [0.05, 0.1) is 5.69 Å². The van der Waals surface area contributed by atoms with E-state index in [1.807, 2.05) is 29.8 Å². The van der Waals surface area contributed by atoms with Gasteiger partial charge in [-0.15, -0.1) is 10.2 Å². The van der Waals surface area contributed by atoms with E-state index in [2.05, 4.69) is 27.5 Å². The first-order chi connectivity index (χ1) is 8.35. The molecule has 0 fully saturated rings. The molecule has 0 spiro atoms. The van der Waals surface area contributed by atoms with Crippen LogP contribution in [0.4, 0.5) is 5.82 Å². The Bertz CT molecular complexity index is 460. The highest BCUT2D eigenvalue weighted by molar-refractivity contribution is 5.54. The predicted octanol–water partition coefficient (Wildman–Crippen LogP) is 2.18. The summed E-state index contributed by atoms with van der Waals surface area (Å²) in [6.07, 6.45) is 2.85. The summed E-state index contributed by atoms with van der Waals surface area (Å²) in [4.78, 5) is 0. The summed E-state index contributed by atoms with van der Waals surface area (Å²) in [6.45, 7) is 5.91. The summed E-state index contributed by atoms with van der Waals surface area (Å²) >= 11 is 0. The minimum absolute atomic E-state index is 0.804. The summed E-state index contributed by atoms with van der Waals surface area (Å²) in [5, 5.41) is 15.7. The number of rotatable bonds is 5. The van der Waals surface area contributed by atoms with Gasteiger partial charge in [0.25, 0.3) is 0 Å². The van der Waals surface area contributed by atoms with Gasteiger partial charge in [0, 0.05) is 19.3 Å². The summed E-state index contributed by atoms with van der Waals surface area (Å²) in [7, 11) is 0. The third-order valence-corrected chi connectivity index (χ3v) is 2.44. The van der Waals surface area contributed by atoms with E-state index in [-0.39, 0.29) is 0 Å². The summed E-state index contributed by atoms with van der Waals surface area (Å²) in [5.41, 5.74) is 1.88. The molecule has 2 rings (SSSR count). The third kappa shape index (κ3) is 2.61. The molecule has 2 aromatic rings. The molecule has 0 aliphatic rings. The van der Waals surface area contributed by atoms with Crippen molar-refractivity contribution in [3.8, 4) is 11.4 Å². The molecule has 2 aromatic heterocycles. The fraction of sp³-hybridized carbons (Fsp3) is 0.417. The van der Waals surface area contributed by atoms with E-state index in [0.29, 0.717) is 0 Å². The standard InChI is InChI=1S/C12H17N5/c1-3-9-17-11(7-8-14-17)10-5-6-12(13-4-2)16-15-10/h5-8H,3-4,9H2,1-2H3,(H,13,16). The van der Waals surface area contributed by atoms with Gasteiger partial charge in [0.2, 0.25) is 0 Å². The second-order valence-electron chi connectivity index (χ2n) is 3.77. The van der Waals surface area contributed by atoms with Crippen molar-refractivity contribution in [3.05, 3.63) is 24.4 Å². The minimum Gasteiger partial charge on any atom is -0.369 e. The Hall–Kier alpha value is -1.91. The van der Waals surface area contributed by atoms with E-state index in [4.69, 9.17) is 0 Å². The van der Waals surface area contributed by atoms with Gasteiger partial charge in [0.1, 0.15) is 11.5 Å². The third-order valence-electron chi connectivity index (χ3n) is 2.44. The van der Waals surface area contributed by atoms with Crippen LogP contribution in [0.15, 0.2) is 24.4 Å². The first-order valence-corrected chi connectivity index (χ1v) is 5.95. The molecule has 0 aromatic carbocycles. The maximum atomic E-state index is 4.27. The molecule has 2 heterocycles. The van der Waals surface area contributed by atoms with Crippen molar-refractivity contribution in [1.29, 1.82) is 0 Å². The second-order valence-corrected chi connectivity index (χ2v) is 3.77. The quantitative estimate of drug-likeness (QED) is 0.857. The van der Waals surface area contributed by atoms with Crippen LogP contribution in [-0.2, 0) is 6.54 Å². The van der Waals surface area contributed by atoms with E-state index in [1.54, 1.807) is 6.20 Å². The van der Waals surface area contributed by atoms with Gasteiger partial charge in [-0.25, -0.2) is 0 Å². The van der Waals surface area contributed by atoms with Gasteiger partial charge in [-0.2, -0.15) is 5.10 Å². The monoisotopic (exact) mass is 231 g/mol. The molecule has 0 aliphatic heterocycles. The van der Waals surface area contributed by atoms with Crippen LogP contribution in [-0.4, -0.2) is 26.5 Å². The minimum atomic E-state index is 0.804.